The van der Waals surface area contributed by atoms with Crippen LogP contribution in [0.25, 0.3) is 0 Å². The van der Waals surface area contributed by atoms with Crippen LogP contribution in [0, 0.1) is 11.6 Å². The Morgan fingerprint density at radius 3 is 2.18 bits per heavy atom. The number of anilines is 4. The predicted octanol–water partition coefficient (Wildman–Crippen LogP) is 3.37. The molecule has 3 rings (SSSR count). The van der Waals surface area contributed by atoms with E-state index >= 15 is 0 Å². The zero-order chi connectivity index (χ0) is 20.3. The van der Waals surface area contributed by atoms with Crippen LogP contribution < -0.4 is 14.9 Å². The van der Waals surface area contributed by atoms with Gasteiger partial charge in [-0.05, 0) is 36.4 Å². The lowest BCUT2D eigenvalue weighted by Crippen LogP contribution is -2.16. The highest BCUT2D eigenvalue weighted by Gasteiger charge is 2.23. The molecule has 0 amide bonds. The topological polar surface area (TPSA) is 87.2 Å². The van der Waals surface area contributed by atoms with E-state index < -0.39 is 26.6 Å². The molecule has 0 saturated heterocycles. The molecule has 0 aliphatic carbocycles. The summed E-state index contributed by atoms with van der Waals surface area (Å²) in [4.78, 5) is 0.854. The first-order chi connectivity index (χ1) is 13.3. The second kappa shape index (κ2) is 7.77. The fourth-order valence-corrected chi connectivity index (χ4v) is 3.57. The molecule has 0 fully saturated rings. The van der Waals surface area contributed by atoms with Crippen LogP contribution in [-0.2, 0) is 10.0 Å². The molecule has 0 aliphatic rings. The van der Waals surface area contributed by atoms with Crippen LogP contribution in [0.1, 0.15) is 0 Å². The highest BCUT2D eigenvalue weighted by atomic mass is 32.2. The average molecular weight is 405 g/mol. The van der Waals surface area contributed by atoms with Crippen LogP contribution >= 0.6 is 0 Å². The first-order valence-corrected chi connectivity index (χ1v) is 9.58. The van der Waals surface area contributed by atoms with Crippen molar-refractivity contribution in [3.63, 3.8) is 0 Å². The van der Waals surface area contributed by atoms with Crippen molar-refractivity contribution in [3.05, 3.63) is 66.4 Å². The number of halogens is 2. The van der Waals surface area contributed by atoms with Gasteiger partial charge in [0.1, 0.15) is 11.6 Å². The molecule has 28 heavy (non-hydrogen) atoms. The number of hydrogen-bond acceptors (Lipinski definition) is 6. The standard InChI is InChI=1S/C18H17F2N5O2S/c1-25(2)14-10-17(23-21-11-14)22-12-6-8-13(9-7-12)24-28(26,27)18-15(19)4-3-5-16(18)20/h3-11,24H,1-2H3,(H,22,23). The summed E-state index contributed by atoms with van der Waals surface area (Å²) >= 11 is 0. The lowest BCUT2D eigenvalue weighted by Gasteiger charge is -2.13. The Labute approximate surface area is 161 Å². The first-order valence-electron chi connectivity index (χ1n) is 8.10. The van der Waals surface area contributed by atoms with Gasteiger partial charge in [0, 0.05) is 31.5 Å². The minimum Gasteiger partial charge on any atom is -0.376 e. The van der Waals surface area contributed by atoms with E-state index in [-0.39, 0.29) is 5.69 Å². The molecule has 0 atom stereocenters. The number of rotatable bonds is 6. The Hall–Kier alpha value is -3.27. The molecule has 10 heteroatoms. The van der Waals surface area contributed by atoms with Crippen LogP contribution in [0.2, 0.25) is 0 Å². The third-order valence-electron chi connectivity index (χ3n) is 3.75. The van der Waals surface area contributed by atoms with E-state index in [4.69, 9.17) is 0 Å². The molecule has 0 bridgehead atoms. The number of nitrogens with one attached hydrogen (secondary N) is 2. The summed E-state index contributed by atoms with van der Waals surface area (Å²) in [5.41, 5.74) is 1.64. The Morgan fingerprint density at radius 1 is 0.964 bits per heavy atom. The van der Waals surface area contributed by atoms with Gasteiger partial charge >= 0.3 is 0 Å². The van der Waals surface area contributed by atoms with Gasteiger partial charge in [-0.2, -0.15) is 5.10 Å². The van der Waals surface area contributed by atoms with Gasteiger partial charge in [0.25, 0.3) is 10.0 Å². The summed E-state index contributed by atoms with van der Waals surface area (Å²) < 4.78 is 54.3. The Bertz CT molecular complexity index is 1070. The van der Waals surface area contributed by atoms with Gasteiger partial charge in [0.2, 0.25) is 0 Å². The number of nitrogens with zero attached hydrogens (tertiary/aromatic N) is 3. The van der Waals surface area contributed by atoms with Gasteiger partial charge in [-0.25, -0.2) is 17.2 Å². The fourth-order valence-electron chi connectivity index (χ4n) is 2.38. The normalized spacial score (nSPS) is 11.1. The molecule has 0 spiro atoms. The average Bonchev–Trinajstić information content (AvgIpc) is 2.63. The van der Waals surface area contributed by atoms with E-state index in [1.54, 1.807) is 24.4 Å². The largest absolute Gasteiger partial charge is 0.376 e. The van der Waals surface area contributed by atoms with Crippen molar-refractivity contribution in [1.82, 2.24) is 10.2 Å². The molecule has 0 radical (unpaired) electrons. The predicted molar refractivity (Wildman–Crippen MR) is 103 cm³/mol. The highest BCUT2D eigenvalue weighted by Crippen LogP contribution is 2.24. The quantitative estimate of drug-likeness (QED) is 0.654. The molecule has 7 nitrogen and oxygen atoms in total. The molecule has 2 aromatic carbocycles. The number of sulfonamides is 1. The monoisotopic (exact) mass is 405 g/mol. The van der Waals surface area contributed by atoms with Crippen LogP contribution in [0.3, 0.4) is 0 Å². The van der Waals surface area contributed by atoms with Crippen LogP contribution in [0.15, 0.2) is 59.6 Å². The maximum Gasteiger partial charge on any atom is 0.267 e. The summed E-state index contributed by atoms with van der Waals surface area (Å²) in [6.07, 6.45) is 1.62. The molecule has 2 N–H and O–H groups in total. The third-order valence-corrected chi connectivity index (χ3v) is 5.19. The molecule has 1 aromatic heterocycles. The van der Waals surface area contributed by atoms with Crippen LogP contribution in [0.5, 0.6) is 0 Å². The number of benzene rings is 2. The molecule has 146 valence electrons. The smallest absolute Gasteiger partial charge is 0.267 e. The Balaban J connectivity index is 1.77. The van der Waals surface area contributed by atoms with Gasteiger partial charge in [-0.15, -0.1) is 5.10 Å². The lowest BCUT2D eigenvalue weighted by molar-refractivity contribution is 0.521. The summed E-state index contributed by atoms with van der Waals surface area (Å²) in [5, 5.41) is 10.9. The molecule has 0 saturated carbocycles. The second-order valence-electron chi connectivity index (χ2n) is 6.05. The number of aromatic nitrogens is 2. The van der Waals surface area contributed by atoms with Gasteiger partial charge in [-0.3, -0.25) is 4.72 Å². The van der Waals surface area contributed by atoms with E-state index in [2.05, 4.69) is 20.2 Å². The molecule has 1 heterocycles. The Kier molecular flexibility index (Phi) is 5.41. The van der Waals surface area contributed by atoms with Crippen molar-refractivity contribution < 1.29 is 17.2 Å². The maximum absolute atomic E-state index is 13.8. The summed E-state index contributed by atoms with van der Waals surface area (Å²) in [6.45, 7) is 0. The molecule has 0 aliphatic heterocycles. The van der Waals surface area contributed by atoms with Gasteiger partial charge in [0.15, 0.2) is 10.7 Å². The molecule has 3 aromatic rings. The Morgan fingerprint density at radius 2 is 1.57 bits per heavy atom. The summed E-state index contributed by atoms with van der Waals surface area (Å²) in [7, 11) is -0.660. The summed E-state index contributed by atoms with van der Waals surface area (Å²) in [5.74, 6) is -1.82. The van der Waals surface area contributed by atoms with Crippen molar-refractivity contribution >= 4 is 32.9 Å². The third kappa shape index (κ3) is 4.34. The molecule has 0 unspecified atom stereocenters. The van der Waals surface area contributed by atoms with Gasteiger partial charge in [-0.1, -0.05) is 6.07 Å². The SMILES string of the molecule is CN(C)c1cnnc(Nc2ccc(NS(=O)(=O)c3c(F)cccc3F)cc2)c1. The van der Waals surface area contributed by atoms with Crippen molar-refractivity contribution in [2.45, 2.75) is 4.90 Å². The fraction of sp³-hybridized carbons (Fsp3) is 0.111. The zero-order valence-electron chi connectivity index (χ0n) is 15.0. The minimum absolute atomic E-state index is 0.154. The van der Waals surface area contributed by atoms with Crippen molar-refractivity contribution in [3.8, 4) is 0 Å². The van der Waals surface area contributed by atoms with Crippen molar-refractivity contribution in [2.24, 2.45) is 0 Å². The zero-order valence-corrected chi connectivity index (χ0v) is 15.8. The van der Waals surface area contributed by atoms with E-state index in [0.717, 1.165) is 23.9 Å². The second-order valence-corrected chi connectivity index (χ2v) is 7.67. The van der Waals surface area contributed by atoms with Crippen molar-refractivity contribution in [2.75, 3.05) is 29.0 Å². The molecular formula is C18H17F2N5O2S. The van der Waals surface area contributed by atoms with E-state index in [1.165, 1.54) is 12.1 Å². The van der Waals surface area contributed by atoms with E-state index in [0.29, 0.717) is 11.5 Å². The highest BCUT2D eigenvalue weighted by molar-refractivity contribution is 7.92. The first kappa shape index (κ1) is 19.5. The number of hydrogen-bond donors (Lipinski definition) is 2. The van der Waals surface area contributed by atoms with Gasteiger partial charge < -0.3 is 10.2 Å². The van der Waals surface area contributed by atoms with Crippen LogP contribution in [-0.4, -0.2) is 32.7 Å². The van der Waals surface area contributed by atoms with E-state index in [1.807, 2.05) is 19.0 Å². The van der Waals surface area contributed by atoms with E-state index in [9.17, 15) is 17.2 Å². The minimum atomic E-state index is -4.41. The van der Waals surface area contributed by atoms with Crippen molar-refractivity contribution in [1.29, 1.82) is 0 Å². The van der Waals surface area contributed by atoms with Gasteiger partial charge in [0.05, 0.1) is 11.9 Å². The summed E-state index contributed by atoms with van der Waals surface area (Å²) in [6, 6.07) is 10.8. The maximum atomic E-state index is 13.8. The van der Waals surface area contributed by atoms with Crippen LogP contribution in [0.4, 0.5) is 31.7 Å². The molecular weight excluding hydrogens is 388 g/mol. The lowest BCUT2D eigenvalue weighted by atomic mass is 10.3.